The number of rotatable bonds is 5. The van der Waals surface area contributed by atoms with Crippen LogP contribution in [-0.4, -0.2) is 16.1 Å². The molecule has 0 aliphatic heterocycles. The van der Waals surface area contributed by atoms with Crippen molar-refractivity contribution in [1.82, 2.24) is 4.98 Å². The summed E-state index contributed by atoms with van der Waals surface area (Å²) in [5.41, 5.74) is 2.61. The first kappa shape index (κ1) is 18.5. The minimum absolute atomic E-state index is 0.0238. The zero-order valence-electron chi connectivity index (χ0n) is 14.7. The van der Waals surface area contributed by atoms with E-state index < -0.39 is 4.92 Å². The highest BCUT2D eigenvalue weighted by atomic mass is 35.5. The lowest BCUT2D eigenvalue weighted by Gasteiger charge is -2.15. The van der Waals surface area contributed by atoms with E-state index >= 15 is 0 Å². The zero-order chi connectivity index (χ0) is 19.4. The van der Waals surface area contributed by atoms with Crippen molar-refractivity contribution in [2.75, 3.05) is 0 Å². The molecule has 0 fully saturated rings. The molecule has 0 aliphatic carbocycles. The third-order valence-electron chi connectivity index (χ3n) is 3.96. The zero-order valence-corrected chi connectivity index (χ0v) is 15.5. The molecule has 0 saturated heterocycles. The third-order valence-corrected chi connectivity index (χ3v) is 4.24. The number of nitro benzene ring substituents is 1. The number of hydrogen-bond donors (Lipinski definition) is 0. The minimum Gasteiger partial charge on any atom is -0.357 e. The Morgan fingerprint density at radius 1 is 1.22 bits per heavy atom. The van der Waals surface area contributed by atoms with Gasteiger partial charge in [0.2, 0.25) is 0 Å². The molecular formula is C20H16ClN3O3. The first-order valence-electron chi connectivity index (χ1n) is 8.21. The Labute approximate surface area is 160 Å². The van der Waals surface area contributed by atoms with Crippen LogP contribution in [0.3, 0.4) is 0 Å². The molecule has 3 aromatic rings. The number of hydrogen-bond acceptors (Lipinski definition) is 5. The van der Waals surface area contributed by atoms with E-state index in [1.54, 1.807) is 26.0 Å². The number of halogens is 1. The number of fused-ring (bicyclic) bond motifs is 1. The molecular weight excluding hydrogens is 366 g/mol. The van der Waals surface area contributed by atoms with Crippen LogP contribution in [0, 0.1) is 10.1 Å². The molecule has 136 valence electrons. The molecule has 0 saturated carbocycles. The summed E-state index contributed by atoms with van der Waals surface area (Å²) in [7, 11) is 0. The van der Waals surface area contributed by atoms with Gasteiger partial charge in [-0.25, -0.2) is 4.98 Å². The Morgan fingerprint density at radius 3 is 2.59 bits per heavy atom. The summed E-state index contributed by atoms with van der Waals surface area (Å²) in [4.78, 5) is 20.7. The fraction of sp³-hybridized carbons (Fsp3) is 0.100. The van der Waals surface area contributed by atoms with Gasteiger partial charge in [-0.2, -0.15) is 0 Å². The number of oxime groups is 1. The Balaban J connectivity index is 2.43. The van der Waals surface area contributed by atoms with Gasteiger partial charge in [0.25, 0.3) is 5.69 Å². The highest BCUT2D eigenvalue weighted by molar-refractivity contribution is 6.32. The van der Waals surface area contributed by atoms with E-state index in [1.165, 1.54) is 18.3 Å². The van der Waals surface area contributed by atoms with Crippen molar-refractivity contribution in [1.29, 1.82) is 0 Å². The van der Waals surface area contributed by atoms with Gasteiger partial charge in [-0.1, -0.05) is 47.1 Å². The monoisotopic (exact) mass is 381 g/mol. The van der Waals surface area contributed by atoms with Crippen LogP contribution < -0.4 is 0 Å². The summed E-state index contributed by atoms with van der Waals surface area (Å²) < 4.78 is 0. The Kier molecular flexibility index (Phi) is 5.47. The summed E-state index contributed by atoms with van der Waals surface area (Å²) in [6.07, 6.45) is 3.24. The van der Waals surface area contributed by atoms with Crippen LogP contribution >= 0.6 is 11.6 Å². The lowest BCUT2D eigenvalue weighted by molar-refractivity contribution is -0.384. The van der Waals surface area contributed by atoms with Gasteiger partial charge in [-0.15, -0.1) is 0 Å². The van der Waals surface area contributed by atoms with Crippen molar-refractivity contribution in [3.8, 4) is 11.1 Å². The molecule has 0 unspecified atom stereocenters. The number of nitro groups is 1. The summed E-state index contributed by atoms with van der Waals surface area (Å²) in [6.45, 7) is 3.53. The van der Waals surface area contributed by atoms with E-state index in [9.17, 15) is 10.1 Å². The SMILES string of the molecule is C/C=C(\O/N=C/C)c1c(Cl)nc2ccc([N+](=O)[O-])cc2c1-c1ccccc1. The average Bonchev–Trinajstić information content (AvgIpc) is 2.68. The second-order valence-electron chi connectivity index (χ2n) is 5.59. The number of benzene rings is 2. The summed E-state index contributed by atoms with van der Waals surface area (Å²) >= 11 is 6.50. The van der Waals surface area contributed by atoms with Crippen LogP contribution in [0.15, 0.2) is 59.8 Å². The maximum atomic E-state index is 11.3. The van der Waals surface area contributed by atoms with Crippen LogP contribution in [0.25, 0.3) is 27.8 Å². The molecule has 0 radical (unpaired) electrons. The van der Waals surface area contributed by atoms with Crippen LogP contribution in [0.4, 0.5) is 5.69 Å². The van der Waals surface area contributed by atoms with Crippen molar-refractivity contribution < 1.29 is 9.76 Å². The van der Waals surface area contributed by atoms with Crippen LogP contribution in [0.2, 0.25) is 5.15 Å². The van der Waals surface area contributed by atoms with E-state index in [4.69, 9.17) is 16.4 Å². The predicted octanol–water partition coefficient (Wildman–Crippen LogP) is 5.85. The Morgan fingerprint density at radius 2 is 1.96 bits per heavy atom. The highest BCUT2D eigenvalue weighted by Crippen LogP contribution is 2.40. The molecule has 0 amide bonds. The smallest absolute Gasteiger partial charge is 0.270 e. The molecule has 0 spiro atoms. The normalized spacial score (nSPS) is 11.9. The fourth-order valence-electron chi connectivity index (χ4n) is 2.82. The van der Waals surface area contributed by atoms with Crippen LogP contribution in [0.5, 0.6) is 0 Å². The second-order valence-corrected chi connectivity index (χ2v) is 5.94. The third kappa shape index (κ3) is 3.66. The standard InChI is InChI=1S/C20H16ClN3O3/c1-3-17(27-22-4-2)19-18(13-8-6-5-7-9-13)15-12-14(24(25)26)10-11-16(15)23-20(19)21/h3-12H,1-2H3/b17-3-,22-4+. The maximum absolute atomic E-state index is 11.3. The molecule has 0 aliphatic rings. The molecule has 6 nitrogen and oxygen atoms in total. The first-order valence-corrected chi connectivity index (χ1v) is 8.59. The van der Waals surface area contributed by atoms with Crippen molar-refractivity contribution in [2.24, 2.45) is 5.16 Å². The van der Waals surface area contributed by atoms with Gasteiger partial charge in [-0.3, -0.25) is 10.1 Å². The Hall–Kier alpha value is -3.25. The van der Waals surface area contributed by atoms with Crippen molar-refractivity contribution >= 4 is 40.2 Å². The summed E-state index contributed by atoms with van der Waals surface area (Å²) in [5.74, 6) is 0.415. The number of nitrogens with zero attached hydrogens (tertiary/aromatic N) is 3. The first-order chi connectivity index (χ1) is 13.1. The number of non-ortho nitro benzene ring substituents is 1. The molecule has 0 bridgehead atoms. The van der Waals surface area contributed by atoms with Gasteiger partial charge in [0, 0.05) is 29.3 Å². The quantitative estimate of drug-likeness (QED) is 0.183. The molecule has 7 heteroatoms. The van der Waals surface area contributed by atoms with E-state index in [0.29, 0.717) is 27.8 Å². The number of pyridine rings is 1. The van der Waals surface area contributed by atoms with Gasteiger partial charge >= 0.3 is 0 Å². The lowest BCUT2D eigenvalue weighted by Crippen LogP contribution is -1.98. The van der Waals surface area contributed by atoms with Gasteiger partial charge in [0.05, 0.1) is 16.0 Å². The predicted molar refractivity (Wildman–Crippen MR) is 108 cm³/mol. The van der Waals surface area contributed by atoms with E-state index in [0.717, 1.165) is 5.56 Å². The van der Waals surface area contributed by atoms with Crippen molar-refractivity contribution in [3.63, 3.8) is 0 Å². The molecule has 1 heterocycles. The van der Waals surface area contributed by atoms with E-state index in [2.05, 4.69) is 10.1 Å². The molecule has 3 rings (SSSR count). The summed E-state index contributed by atoms with van der Waals surface area (Å²) in [5, 5.41) is 16.0. The van der Waals surface area contributed by atoms with Crippen LogP contribution in [-0.2, 0) is 4.84 Å². The van der Waals surface area contributed by atoms with Gasteiger partial charge in [0.15, 0.2) is 5.76 Å². The van der Waals surface area contributed by atoms with E-state index in [-0.39, 0.29) is 10.8 Å². The Bertz CT molecular complexity index is 1060. The molecule has 2 aromatic carbocycles. The lowest BCUT2D eigenvalue weighted by atomic mass is 9.95. The van der Waals surface area contributed by atoms with Gasteiger partial charge in [0.1, 0.15) is 5.15 Å². The highest BCUT2D eigenvalue weighted by Gasteiger charge is 2.21. The largest absolute Gasteiger partial charge is 0.357 e. The molecule has 1 aromatic heterocycles. The minimum atomic E-state index is -0.434. The molecule has 0 N–H and O–H groups in total. The van der Waals surface area contributed by atoms with Crippen molar-refractivity contribution in [3.05, 3.63) is 75.4 Å². The number of aromatic nitrogens is 1. The molecule has 0 atom stereocenters. The topological polar surface area (TPSA) is 77.6 Å². The van der Waals surface area contributed by atoms with Crippen molar-refractivity contribution in [2.45, 2.75) is 13.8 Å². The number of allylic oxidation sites excluding steroid dienone is 1. The van der Waals surface area contributed by atoms with Gasteiger partial charge < -0.3 is 4.84 Å². The maximum Gasteiger partial charge on any atom is 0.270 e. The second kappa shape index (κ2) is 7.97. The van der Waals surface area contributed by atoms with Gasteiger partial charge in [-0.05, 0) is 31.6 Å². The average molecular weight is 382 g/mol. The van der Waals surface area contributed by atoms with Crippen LogP contribution in [0.1, 0.15) is 19.4 Å². The van der Waals surface area contributed by atoms with E-state index in [1.807, 2.05) is 30.3 Å². The molecule has 27 heavy (non-hydrogen) atoms. The fourth-order valence-corrected chi connectivity index (χ4v) is 3.10. The summed E-state index contributed by atoms with van der Waals surface area (Å²) in [6, 6.07) is 14.0.